The van der Waals surface area contributed by atoms with Gasteiger partial charge in [0.05, 0.1) is 13.0 Å². The number of amides is 1. The van der Waals surface area contributed by atoms with E-state index < -0.39 is 0 Å². The molecule has 0 unspecified atom stereocenters. The van der Waals surface area contributed by atoms with Crippen molar-refractivity contribution in [3.05, 3.63) is 17.4 Å². The van der Waals surface area contributed by atoms with E-state index in [9.17, 15) is 4.79 Å². The molecule has 0 spiro atoms. The lowest BCUT2D eigenvalue weighted by molar-refractivity contribution is -0.117. The molecule has 0 saturated carbocycles. The highest BCUT2D eigenvalue weighted by Gasteiger charge is 2.04. The van der Waals surface area contributed by atoms with Gasteiger partial charge in [-0.15, -0.1) is 0 Å². The monoisotopic (exact) mass is 229 g/mol. The number of anilines is 1. The van der Waals surface area contributed by atoms with E-state index in [-0.39, 0.29) is 18.3 Å². The minimum atomic E-state index is -0.189. The van der Waals surface area contributed by atoms with E-state index in [2.05, 4.69) is 15.3 Å². The van der Waals surface area contributed by atoms with E-state index in [1.165, 1.54) is 12.3 Å². The SMILES string of the molecule is CCOCCC(=O)Nc1nccc(Cl)n1. The molecular weight excluding hydrogens is 218 g/mol. The summed E-state index contributed by atoms with van der Waals surface area (Å²) in [5.74, 6) is 0.0229. The molecule has 0 radical (unpaired) electrons. The molecule has 0 bridgehead atoms. The van der Waals surface area contributed by atoms with Gasteiger partial charge in [0.1, 0.15) is 5.15 Å². The molecule has 0 fully saturated rings. The van der Waals surface area contributed by atoms with Gasteiger partial charge in [-0.1, -0.05) is 11.6 Å². The average Bonchev–Trinajstić information content (AvgIpc) is 2.18. The topological polar surface area (TPSA) is 64.1 Å². The molecule has 1 heterocycles. The second-order valence-electron chi connectivity index (χ2n) is 2.70. The predicted octanol–water partition coefficient (Wildman–Crippen LogP) is 1.50. The molecule has 0 aliphatic carbocycles. The Labute approximate surface area is 92.8 Å². The summed E-state index contributed by atoms with van der Waals surface area (Å²) in [4.78, 5) is 18.9. The van der Waals surface area contributed by atoms with Crippen LogP contribution < -0.4 is 5.32 Å². The van der Waals surface area contributed by atoms with E-state index in [1.54, 1.807) is 0 Å². The van der Waals surface area contributed by atoms with Crippen molar-refractivity contribution >= 4 is 23.5 Å². The lowest BCUT2D eigenvalue weighted by Crippen LogP contribution is -2.15. The van der Waals surface area contributed by atoms with Crippen LogP contribution >= 0.6 is 11.6 Å². The van der Waals surface area contributed by atoms with Crippen molar-refractivity contribution in [3.63, 3.8) is 0 Å². The lowest BCUT2D eigenvalue weighted by Gasteiger charge is -2.03. The number of carbonyl (C=O) groups is 1. The standard InChI is InChI=1S/C9H12ClN3O2/c1-2-15-6-4-8(14)13-9-11-5-3-7(10)12-9/h3,5H,2,4,6H2,1H3,(H,11,12,13,14). The van der Waals surface area contributed by atoms with Crippen molar-refractivity contribution in [2.24, 2.45) is 0 Å². The minimum Gasteiger partial charge on any atom is -0.381 e. The van der Waals surface area contributed by atoms with Crippen LogP contribution in [0.2, 0.25) is 5.15 Å². The van der Waals surface area contributed by atoms with Crippen LogP contribution in [0.4, 0.5) is 5.95 Å². The summed E-state index contributed by atoms with van der Waals surface area (Å²) >= 11 is 5.63. The molecule has 1 aromatic heterocycles. The first-order valence-corrected chi connectivity index (χ1v) is 4.96. The highest BCUT2D eigenvalue weighted by Crippen LogP contribution is 2.05. The zero-order valence-electron chi connectivity index (χ0n) is 8.36. The summed E-state index contributed by atoms with van der Waals surface area (Å²) in [6.07, 6.45) is 1.76. The number of carbonyl (C=O) groups excluding carboxylic acids is 1. The van der Waals surface area contributed by atoms with Crippen LogP contribution in [0.5, 0.6) is 0 Å². The van der Waals surface area contributed by atoms with Gasteiger partial charge < -0.3 is 4.74 Å². The van der Waals surface area contributed by atoms with Crippen molar-refractivity contribution in [2.75, 3.05) is 18.5 Å². The first kappa shape index (κ1) is 11.9. The fraction of sp³-hybridized carbons (Fsp3) is 0.444. The highest BCUT2D eigenvalue weighted by molar-refractivity contribution is 6.29. The molecule has 0 atom stereocenters. The van der Waals surface area contributed by atoms with E-state index in [0.717, 1.165) is 0 Å². The number of nitrogens with one attached hydrogen (secondary N) is 1. The summed E-state index contributed by atoms with van der Waals surface area (Å²) in [6, 6.07) is 1.54. The molecule has 5 nitrogen and oxygen atoms in total. The van der Waals surface area contributed by atoms with Gasteiger partial charge in [0, 0.05) is 12.8 Å². The summed E-state index contributed by atoms with van der Waals surface area (Å²) in [5.41, 5.74) is 0. The quantitative estimate of drug-likeness (QED) is 0.614. The zero-order valence-corrected chi connectivity index (χ0v) is 9.12. The van der Waals surface area contributed by atoms with Gasteiger partial charge in [-0.25, -0.2) is 9.97 Å². The molecule has 0 aromatic carbocycles. The number of aromatic nitrogens is 2. The normalized spacial score (nSPS) is 10.0. The summed E-state index contributed by atoms with van der Waals surface area (Å²) in [6.45, 7) is 2.86. The number of hydrogen-bond acceptors (Lipinski definition) is 4. The van der Waals surface area contributed by atoms with Crippen molar-refractivity contribution in [1.29, 1.82) is 0 Å². The average molecular weight is 230 g/mol. The van der Waals surface area contributed by atoms with Crippen LogP contribution in [0.3, 0.4) is 0 Å². The Morgan fingerprint density at radius 1 is 1.67 bits per heavy atom. The van der Waals surface area contributed by atoms with Gasteiger partial charge in [0.2, 0.25) is 11.9 Å². The molecule has 1 amide bonds. The minimum absolute atomic E-state index is 0.189. The maximum absolute atomic E-state index is 11.3. The van der Waals surface area contributed by atoms with Crippen molar-refractivity contribution in [2.45, 2.75) is 13.3 Å². The van der Waals surface area contributed by atoms with Gasteiger partial charge in [-0.3, -0.25) is 10.1 Å². The Balaban J connectivity index is 2.37. The molecule has 1 aromatic rings. The largest absolute Gasteiger partial charge is 0.381 e. The van der Waals surface area contributed by atoms with Crippen LogP contribution in [0.25, 0.3) is 0 Å². The third kappa shape index (κ3) is 4.71. The Morgan fingerprint density at radius 2 is 2.47 bits per heavy atom. The van der Waals surface area contributed by atoms with Crippen LogP contribution in [-0.2, 0) is 9.53 Å². The van der Waals surface area contributed by atoms with Crippen molar-refractivity contribution in [3.8, 4) is 0 Å². The highest BCUT2D eigenvalue weighted by atomic mass is 35.5. The third-order valence-corrected chi connectivity index (χ3v) is 1.76. The predicted molar refractivity (Wildman–Crippen MR) is 56.8 cm³/mol. The van der Waals surface area contributed by atoms with Gasteiger partial charge in [0.25, 0.3) is 0 Å². The van der Waals surface area contributed by atoms with E-state index >= 15 is 0 Å². The van der Waals surface area contributed by atoms with Gasteiger partial charge in [-0.05, 0) is 13.0 Å². The van der Waals surface area contributed by atoms with Crippen LogP contribution in [0, 0.1) is 0 Å². The Hall–Kier alpha value is -1.20. The molecule has 6 heteroatoms. The Morgan fingerprint density at radius 3 is 3.13 bits per heavy atom. The molecule has 15 heavy (non-hydrogen) atoms. The summed E-state index contributed by atoms with van der Waals surface area (Å²) in [5, 5.41) is 2.81. The van der Waals surface area contributed by atoms with Crippen LogP contribution in [0.15, 0.2) is 12.3 Å². The third-order valence-electron chi connectivity index (χ3n) is 1.55. The zero-order chi connectivity index (χ0) is 11.1. The number of ether oxygens (including phenoxy) is 1. The first-order valence-electron chi connectivity index (χ1n) is 4.58. The smallest absolute Gasteiger partial charge is 0.230 e. The number of nitrogens with zero attached hydrogens (tertiary/aromatic N) is 2. The summed E-state index contributed by atoms with van der Waals surface area (Å²) < 4.78 is 5.04. The molecule has 82 valence electrons. The second kappa shape index (κ2) is 6.31. The molecule has 1 N–H and O–H groups in total. The second-order valence-corrected chi connectivity index (χ2v) is 3.09. The van der Waals surface area contributed by atoms with Gasteiger partial charge in [-0.2, -0.15) is 0 Å². The maximum atomic E-state index is 11.3. The number of rotatable bonds is 5. The molecule has 0 aliphatic rings. The van der Waals surface area contributed by atoms with Crippen molar-refractivity contribution < 1.29 is 9.53 Å². The molecule has 1 rings (SSSR count). The Bertz CT molecular complexity index is 333. The van der Waals surface area contributed by atoms with E-state index in [0.29, 0.717) is 18.4 Å². The van der Waals surface area contributed by atoms with Gasteiger partial charge in [0.15, 0.2) is 0 Å². The maximum Gasteiger partial charge on any atom is 0.230 e. The fourth-order valence-corrected chi connectivity index (χ4v) is 1.03. The lowest BCUT2D eigenvalue weighted by atomic mass is 10.4. The van der Waals surface area contributed by atoms with Crippen molar-refractivity contribution in [1.82, 2.24) is 9.97 Å². The number of halogens is 1. The molecular formula is C9H12ClN3O2. The van der Waals surface area contributed by atoms with Crippen LogP contribution in [-0.4, -0.2) is 29.1 Å². The van der Waals surface area contributed by atoms with E-state index in [4.69, 9.17) is 16.3 Å². The Kier molecular flexibility index (Phi) is 5.00. The summed E-state index contributed by atoms with van der Waals surface area (Å²) in [7, 11) is 0. The first-order chi connectivity index (χ1) is 7.22. The fourth-order valence-electron chi connectivity index (χ4n) is 0.893. The van der Waals surface area contributed by atoms with Crippen LogP contribution in [0.1, 0.15) is 13.3 Å². The number of hydrogen-bond donors (Lipinski definition) is 1. The van der Waals surface area contributed by atoms with E-state index in [1.807, 2.05) is 6.92 Å². The molecule has 0 saturated heterocycles. The molecule has 0 aliphatic heterocycles. The van der Waals surface area contributed by atoms with Gasteiger partial charge >= 0.3 is 0 Å².